The van der Waals surface area contributed by atoms with Crippen molar-refractivity contribution in [2.24, 2.45) is 0 Å². The molecule has 0 bridgehead atoms. The smallest absolute Gasteiger partial charge is 0.325 e. The highest BCUT2D eigenvalue weighted by Gasteiger charge is 2.23. The maximum absolute atomic E-state index is 13.7. The number of aliphatic hydroxyl groups is 1. The van der Waals surface area contributed by atoms with Crippen LogP contribution in [0.5, 0.6) is 0 Å². The Morgan fingerprint density at radius 1 is 1.00 bits per heavy atom. The molecule has 3 rings (SSSR count). The van der Waals surface area contributed by atoms with Gasteiger partial charge in [-0.05, 0) is 41.7 Å². The normalized spacial score (nSPS) is 12.8. The van der Waals surface area contributed by atoms with E-state index in [-0.39, 0.29) is 30.6 Å². The first kappa shape index (κ1) is 26.0. The minimum absolute atomic E-state index is 0.0412. The highest BCUT2D eigenvalue weighted by Crippen LogP contribution is 2.12. The van der Waals surface area contributed by atoms with Gasteiger partial charge in [0.1, 0.15) is 11.6 Å². The number of aliphatic hydroxyl groups excluding tert-OH is 1. The van der Waals surface area contributed by atoms with Crippen LogP contribution in [0.4, 0.5) is 8.78 Å². The lowest BCUT2D eigenvalue weighted by Gasteiger charge is -2.25. The van der Waals surface area contributed by atoms with Crippen molar-refractivity contribution in [1.29, 1.82) is 0 Å². The molecule has 0 fully saturated rings. The highest BCUT2D eigenvalue weighted by molar-refractivity contribution is 5.78. The third-order valence-electron chi connectivity index (χ3n) is 5.44. The van der Waals surface area contributed by atoms with E-state index in [1.807, 2.05) is 23.2 Å². The van der Waals surface area contributed by atoms with Crippen LogP contribution >= 0.6 is 0 Å². The van der Waals surface area contributed by atoms with Gasteiger partial charge >= 0.3 is 5.69 Å². The Morgan fingerprint density at radius 2 is 1.71 bits per heavy atom. The van der Waals surface area contributed by atoms with E-state index >= 15 is 0 Å². The van der Waals surface area contributed by atoms with E-state index in [0.29, 0.717) is 6.54 Å². The Labute approximate surface area is 200 Å². The molecule has 0 radical (unpaired) electrons. The molecule has 10 heteroatoms. The molecule has 1 aromatic heterocycles. The number of hydrogen-bond acceptors (Lipinski definition) is 5. The number of hydrogen-bond donors (Lipinski definition) is 5. The molecular formula is C25H28F2N4O4. The lowest BCUT2D eigenvalue weighted by atomic mass is 10.00. The monoisotopic (exact) mass is 486 g/mol. The summed E-state index contributed by atoms with van der Waals surface area (Å²) in [5.74, 6) is -2.12. The van der Waals surface area contributed by atoms with Gasteiger partial charge in [-0.25, -0.2) is 13.6 Å². The summed E-state index contributed by atoms with van der Waals surface area (Å²) in [5.41, 5.74) is 1.16. The van der Waals surface area contributed by atoms with E-state index in [2.05, 4.69) is 28.6 Å². The Hall–Kier alpha value is -3.63. The summed E-state index contributed by atoms with van der Waals surface area (Å²) in [6.45, 7) is 2.63. The first-order valence-electron chi connectivity index (χ1n) is 11.2. The van der Waals surface area contributed by atoms with Gasteiger partial charge in [-0.1, -0.05) is 31.2 Å². The molecule has 0 unspecified atom stereocenters. The summed E-state index contributed by atoms with van der Waals surface area (Å²) in [5, 5.41) is 16.6. The average Bonchev–Trinajstić information content (AvgIpc) is 2.77. The number of nitrogens with one attached hydrogen (secondary N) is 4. The summed E-state index contributed by atoms with van der Waals surface area (Å²) in [7, 11) is 0. The Morgan fingerprint density at radius 3 is 2.40 bits per heavy atom. The SMILES string of the molecule is CCc1cccc(CNC[C@H](O)[C@H](Cc2cc(F)cc(F)c2)NC(=O)Cc2cc(=O)[nH]c(=O)[nH]2)c1. The van der Waals surface area contributed by atoms with Crippen molar-refractivity contribution in [3.05, 3.63) is 103 Å². The number of aryl methyl sites for hydroxylation is 1. The number of aromatic amines is 2. The molecule has 186 valence electrons. The molecule has 0 aliphatic rings. The number of halogens is 2. The second kappa shape index (κ2) is 12.2. The van der Waals surface area contributed by atoms with Gasteiger partial charge in [0.25, 0.3) is 5.56 Å². The van der Waals surface area contributed by atoms with E-state index in [1.165, 1.54) is 5.56 Å². The topological polar surface area (TPSA) is 127 Å². The number of carbonyl (C=O) groups is 1. The number of aromatic nitrogens is 2. The van der Waals surface area contributed by atoms with Gasteiger partial charge in [-0.3, -0.25) is 14.6 Å². The maximum Gasteiger partial charge on any atom is 0.325 e. The van der Waals surface area contributed by atoms with Gasteiger partial charge in [0.2, 0.25) is 5.91 Å². The Balaban J connectivity index is 1.69. The maximum atomic E-state index is 13.7. The number of amides is 1. The predicted octanol–water partition coefficient (Wildman–Crippen LogP) is 1.32. The largest absolute Gasteiger partial charge is 0.390 e. The van der Waals surface area contributed by atoms with Crippen LogP contribution in [-0.2, 0) is 30.6 Å². The molecule has 0 saturated carbocycles. The number of benzene rings is 2. The minimum Gasteiger partial charge on any atom is -0.390 e. The predicted molar refractivity (Wildman–Crippen MR) is 127 cm³/mol. The minimum atomic E-state index is -1.10. The molecule has 3 aromatic rings. The molecule has 0 aliphatic heterocycles. The quantitative estimate of drug-likeness (QED) is 0.280. The highest BCUT2D eigenvalue weighted by atomic mass is 19.1. The van der Waals surface area contributed by atoms with E-state index < -0.39 is 40.9 Å². The van der Waals surface area contributed by atoms with E-state index in [0.717, 1.165) is 36.2 Å². The van der Waals surface area contributed by atoms with Crippen LogP contribution in [0, 0.1) is 11.6 Å². The van der Waals surface area contributed by atoms with Crippen molar-refractivity contribution in [3.8, 4) is 0 Å². The van der Waals surface area contributed by atoms with Gasteiger partial charge in [-0.2, -0.15) is 0 Å². The summed E-state index contributed by atoms with van der Waals surface area (Å²) in [6.07, 6.45) is -0.567. The van der Waals surface area contributed by atoms with Crippen LogP contribution < -0.4 is 21.9 Å². The van der Waals surface area contributed by atoms with Crippen molar-refractivity contribution in [2.45, 2.75) is 44.9 Å². The lowest BCUT2D eigenvalue weighted by molar-refractivity contribution is -0.122. The fourth-order valence-corrected chi connectivity index (χ4v) is 3.78. The third-order valence-corrected chi connectivity index (χ3v) is 5.44. The van der Waals surface area contributed by atoms with Gasteiger partial charge in [0.15, 0.2) is 0 Å². The van der Waals surface area contributed by atoms with Crippen molar-refractivity contribution >= 4 is 5.91 Å². The third kappa shape index (κ3) is 8.27. The zero-order valence-electron chi connectivity index (χ0n) is 19.2. The molecule has 35 heavy (non-hydrogen) atoms. The molecule has 2 aromatic carbocycles. The van der Waals surface area contributed by atoms with Crippen molar-refractivity contribution < 1.29 is 18.7 Å². The van der Waals surface area contributed by atoms with E-state index in [1.54, 1.807) is 0 Å². The fraction of sp³-hybridized carbons (Fsp3) is 0.320. The number of rotatable bonds is 11. The summed E-state index contributed by atoms with van der Waals surface area (Å²) in [6, 6.07) is 11.2. The van der Waals surface area contributed by atoms with E-state index in [9.17, 15) is 28.3 Å². The second-order valence-electron chi connectivity index (χ2n) is 8.32. The average molecular weight is 487 g/mol. The van der Waals surface area contributed by atoms with Crippen LogP contribution in [-0.4, -0.2) is 39.7 Å². The van der Waals surface area contributed by atoms with Crippen molar-refractivity contribution in [2.75, 3.05) is 6.54 Å². The van der Waals surface area contributed by atoms with Crippen LogP contribution in [0.1, 0.15) is 29.3 Å². The number of carbonyl (C=O) groups excluding carboxylic acids is 1. The zero-order chi connectivity index (χ0) is 25.4. The van der Waals surface area contributed by atoms with Crippen molar-refractivity contribution in [3.63, 3.8) is 0 Å². The Kier molecular flexibility index (Phi) is 9.04. The van der Waals surface area contributed by atoms with Gasteiger partial charge in [-0.15, -0.1) is 0 Å². The summed E-state index contributed by atoms with van der Waals surface area (Å²) < 4.78 is 27.4. The van der Waals surface area contributed by atoms with Gasteiger partial charge < -0.3 is 20.7 Å². The fourth-order valence-electron chi connectivity index (χ4n) is 3.78. The van der Waals surface area contributed by atoms with Crippen LogP contribution in [0.2, 0.25) is 0 Å². The zero-order valence-corrected chi connectivity index (χ0v) is 19.2. The molecule has 8 nitrogen and oxygen atoms in total. The first-order valence-corrected chi connectivity index (χ1v) is 11.2. The molecular weight excluding hydrogens is 458 g/mol. The van der Waals surface area contributed by atoms with Crippen molar-refractivity contribution in [1.82, 2.24) is 20.6 Å². The van der Waals surface area contributed by atoms with Crippen LogP contribution in [0.25, 0.3) is 0 Å². The molecule has 0 aliphatic carbocycles. The Bertz CT molecular complexity index is 1230. The number of H-pyrrole nitrogens is 2. The van der Waals surface area contributed by atoms with Crippen LogP contribution in [0.3, 0.4) is 0 Å². The second-order valence-corrected chi connectivity index (χ2v) is 8.32. The van der Waals surface area contributed by atoms with E-state index in [4.69, 9.17) is 0 Å². The van der Waals surface area contributed by atoms with Gasteiger partial charge in [0.05, 0.1) is 18.6 Å². The molecule has 1 heterocycles. The molecule has 0 spiro atoms. The standard InChI is InChI=1S/C25H28F2N4O4/c1-2-15-4-3-5-16(6-15)13-28-14-22(32)21(9-17-7-18(26)10-19(27)8-17)30-23(33)11-20-12-24(34)31-25(35)29-20/h3-8,10,12,21-22,28,32H,2,9,11,13-14H2,1H3,(H,30,33)(H2,29,31,34,35)/t21-,22-/m0/s1. The lowest BCUT2D eigenvalue weighted by Crippen LogP contribution is -2.49. The van der Waals surface area contributed by atoms with Crippen LogP contribution in [0.15, 0.2) is 58.1 Å². The van der Waals surface area contributed by atoms with Gasteiger partial charge in [0, 0.05) is 30.9 Å². The molecule has 1 amide bonds. The molecule has 5 N–H and O–H groups in total. The summed E-state index contributed by atoms with van der Waals surface area (Å²) >= 11 is 0. The molecule has 0 saturated heterocycles. The summed E-state index contributed by atoms with van der Waals surface area (Å²) in [4.78, 5) is 39.9. The molecule has 2 atom stereocenters. The first-order chi connectivity index (χ1) is 16.7.